The Balaban J connectivity index is 2.05. The fraction of sp³-hybridized carbons (Fsp3) is 0.294. The number of nitrogens with two attached hydrogens (primary N) is 1. The fourth-order valence-corrected chi connectivity index (χ4v) is 2.43. The molecule has 0 unspecified atom stereocenters. The van der Waals surface area contributed by atoms with E-state index >= 15 is 0 Å². The van der Waals surface area contributed by atoms with Crippen LogP contribution in [0.3, 0.4) is 0 Å². The van der Waals surface area contributed by atoms with Gasteiger partial charge in [0.25, 0.3) is 0 Å². The molecule has 0 aliphatic carbocycles. The van der Waals surface area contributed by atoms with E-state index in [1.807, 2.05) is 24.3 Å². The van der Waals surface area contributed by atoms with Crippen LogP contribution in [0.25, 0.3) is 0 Å². The SMILES string of the molecule is NCCCN(Cc1ccccc1)Cc1ccccc1Cl. The minimum absolute atomic E-state index is 0.716. The standard InChI is InChI=1S/C17H21ClN2/c18-17-10-5-4-9-16(17)14-20(12-6-11-19)13-15-7-2-1-3-8-15/h1-5,7-10H,6,11-14,19H2. The Morgan fingerprint density at radius 2 is 1.60 bits per heavy atom. The number of hydrogen-bond donors (Lipinski definition) is 1. The molecule has 0 fully saturated rings. The lowest BCUT2D eigenvalue weighted by Gasteiger charge is -2.23. The Hall–Kier alpha value is -1.35. The molecule has 0 aliphatic rings. The summed E-state index contributed by atoms with van der Waals surface area (Å²) in [5, 5.41) is 0.832. The van der Waals surface area contributed by atoms with Gasteiger partial charge in [-0.3, -0.25) is 4.90 Å². The molecule has 20 heavy (non-hydrogen) atoms. The van der Waals surface area contributed by atoms with Gasteiger partial charge in [0.2, 0.25) is 0 Å². The van der Waals surface area contributed by atoms with Crippen LogP contribution in [0.5, 0.6) is 0 Å². The smallest absolute Gasteiger partial charge is 0.0451 e. The summed E-state index contributed by atoms with van der Waals surface area (Å²) in [6.45, 7) is 3.48. The molecule has 0 radical (unpaired) electrons. The van der Waals surface area contributed by atoms with Crippen molar-refractivity contribution in [1.29, 1.82) is 0 Å². The lowest BCUT2D eigenvalue weighted by molar-refractivity contribution is 0.255. The molecule has 0 atom stereocenters. The second kappa shape index (κ2) is 8.05. The molecule has 2 aromatic rings. The number of benzene rings is 2. The number of halogens is 1. The van der Waals surface area contributed by atoms with Crippen molar-refractivity contribution < 1.29 is 0 Å². The molecule has 0 saturated carbocycles. The van der Waals surface area contributed by atoms with E-state index < -0.39 is 0 Å². The average molecular weight is 289 g/mol. The van der Waals surface area contributed by atoms with E-state index in [9.17, 15) is 0 Å². The van der Waals surface area contributed by atoms with Crippen molar-refractivity contribution in [3.8, 4) is 0 Å². The maximum Gasteiger partial charge on any atom is 0.0451 e. The van der Waals surface area contributed by atoms with Crippen LogP contribution in [0, 0.1) is 0 Å². The molecule has 2 aromatic carbocycles. The molecule has 0 spiro atoms. The van der Waals surface area contributed by atoms with E-state index in [1.54, 1.807) is 0 Å². The molecule has 0 saturated heterocycles. The normalized spacial score (nSPS) is 10.9. The first-order chi connectivity index (χ1) is 9.79. The largest absolute Gasteiger partial charge is 0.330 e. The lowest BCUT2D eigenvalue weighted by Crippen LogP contribution is -2.25. The van der Waals surface area contributed by atoms with Crippen LogP contribution in [0.1, 0.15) is 17.5 Å². The topological polar surface area (TPSA) is 29.3 Å². The summed E-state index contributed by atoms with van der Waals surface area (Å²) < 4.78 is 0. The molecule has 2 nitrogen and oxygen atoms in total. The van der Waals surface area contributed by atoms with Crippen molar-refractivity contribution >= 4 is 11.6 Å². The van der Waals surface area contributed by atoms with E-state index in [2.05, 4.69) is 35.2 Å². The lowest BCUT2D eigenvalue weighted by atomic mass is 10.1. The van der Waals surface area contributed by atoms with Crippen molar-refractivity contribution in [1.82, 2.24) is 4.90 Å². The van der Waals surface area contributed by atoms with Crippen molar-refractivity contribution in [3.63, 3.8) is 0 Å². The molecule has 0 amide bonds. The molecule has 0 bridgehead atoms. The average Bonchev–Trinajstić information content (AvgIpc) is 2.48. The van der Waals surface area contributed by atoms with Crippen molar-refractivity contribution in [2.75, 3.05) is 13.1 Å². The molecule has 2 N–H and O–H groups in total. The van der Waals surface area contributed by atoms with Gasteiger partial charge < -0.3 is 5.73 Å². The minimum atomic E-state index is 0.716. The minimum Gasteiger partial charge on any atom is -0.330 e. The summed E-state index contributed by atoms with van der Waals surface area (Å²) in [6.07, 6.45) is 0.997. The summed E-state index contributed by atoms with van der Waals surface area (Å²) in [4.78, 5) is 2.39. The van der Waals surface area contributed by atoms with Gasteiger partial charge in [-0.25, -0.2) is 0 Å². The van der Waals surface area contributed by atoms with E-state index in [0.717, 1.165) is 31.1 Å². The summed E-state index contributed by atoms with van der Waals surface area (Å²) in [5.41, 5.74) is 8.13. The van der Waals surface area contributed by atoms with Crippen LogP contribution in [0.15, 0.2) is 54.6 Å². The van der Waals surface area contributed by atoms with Gasteiger partial charge in [0.05, 0.1) is 0 Å². The molecule has 106 valence electrons. The maximum atomic E-state index is 6.25. The quantitative estimate of drug-likeness (QED) is 0.842. The second-order valence-electron chi connectivity index (χ2n) is 4.93. The zero-order valence-corrected chi connectivity index (χ0v) is 12.4. The van der Waals surface area contributed by atoms with Crippen LogP contribution in [-0.4, -0.2) is 18.0 Å². The summed E-state index contributed by atoms with van der Waals surface area (Å²) in [6, 6.07) is 18.5. The van der Waals surface area contributed by atoms with E-state index in [0.29, 0.717) is 6.54 Å². The highest BCUT2D eigenvalue weighted by Crippen LogP contribution is 2.18. The van der Waals surface area contributed by atoms with Crippen molar-refractivity contribution in [2.45, 2.75) is 19.5 Å². The monoisotopic (exact) mass is 288 g/mol. The first-order valence-corrected chi connectivity index (χ1v) is 7.37. The summed E-state index contributed by atoms with van der Waals surface area (Å²) in [7, 11) is 0. The van der Waals surface area contributed by atoms with Crippen LogP contribution in [0.2, 0.25) is 5.02 Å². The highest BCUT2D eigenvalue weighted by atomic mass is 35.5. The summed E-state index contributed by atoms with van der Waals surface area (Å²) >= 11 is 6.25. The first-order valence-electron chi connectivity index (χ1n) is 6.99. The predicted octanol–water partition coefficient (Wildman–Crippen LogP) is 3.69. The second-order valence-corrected chi connectivity index (χ2v) is 5.34. The van der Waals surface area contributed by atoms with Gasteiger partial charge in [0.15, 0.2) is 0 Å². The van der Waals surface area contributed by atoms with E-state index in [-0.39, 0.29) is 0 Å². The van der Waals surface area contributed by atoms with Crippen LogP contribution in [0.4, 0.5) is 0 Å². The van der Waals surface area contributed by atoms with Gasteiger partial charge in [-0.05, 0) is 30.2 Å². The van der Waals surface area contributed by atoms with Crippen molar-refractivity contribution in [3.05, 3.63) is 70.7 Å². The maximum absolute atomic E-state index is 6.25. The molecule has 2 rings (SSSR count). The third-order valence-corrected chi connectivity index (χ3v) is 3.65. The van der Waals surface area contributed by atoms with Gasteiger partial charge in [-0.1, -0.05) is 60.1 Å². The Labute approximate surface area is 126 Å². The molecular weight excluding hydrogens is 268 g/mol. The third-order valence-electron chi connectivity index (χ3n) is 3.28. The zero-order valence-electron chi connectivity index (χ0n) is 11.6. The van der Waals surface area contributed by atoms with Gasteiger partial charge in [-0.15, -0.1) is 0 Å². The van der Waals surface area contributed by atoms with Crippen LogP contribution in [-0.2, 0) is 13.1 Å². The molecule has 0 aromatic heterocycles. The number of hydrogen-bond acceptors (Lipinski definition) is 2. The van der Waals surface area contributed by atoms with Gasteiger partial charge in [0, 0.05) is 24.7 Å². The Bertz CT molecular complexity index is 513. The number of rotatable bonds is 7. The van der Waals surface area contributed by atoms with Gasteiger partial charge in [-0.2, -0.15) is 0 Å². The van der Waals surface area contributed by atoms with Crippen LogP contribution >= 0.6 is 11.6 Å². The predicted molar refractivity (Wildman–Crippen MR) is 85.7 cm³/mol. The Morgan fingerprint density at radius 1 is 0.900 bits per heavy atom. The molecule has 3 heteroatoms. The fourth-order valence-electron chi connectivity index (χ4n) is 2.24. The first kappa shape index (κ1) is 15.0. The summed E-state index contributed by atoms with van der Waals surface area (Å²) in [5.74, 6) is 0. The van der Waals surface area contributed by atoms with Gasteiger partial charge >= 0.3 is 0 Å². The Morgan fingerprint density at radius 3 is 2.30 bits per heavy atom. The number of nitrogens with zero attached hydrogens (tertiary/aromatic N) is 1. The van der Waals surface area contributed by atoms with E-state index in [1.165, 1.54) is 11.1 Å². The zero-order chi connectivity index (χ0) is 14.2. The van der Waals surface area contributed by atoms with Crippen LogP contribution < -0.4 is 5.73 Å². The van der Waals surface area contributed by atoms with E-state index in [4.69, 9.17) is 17.3 Å². The highest BCUT2D eigenvalue weighted by molar-refractivity contribution is 6.31. The highest BCUT2D eigenvalue weighted by Gasteiger charge is 2.08. The molecule has 0 heterocycles. The third kappa shape index (κ3) is 4.64. The molecule has 0 aliphatic heterocycles. The molecular formula is C17H21ClN2. The Kier molecular flexibility index (Phi) is 6.06. The van der Waals surface area contributed by atoms with Gasteiger partial charge in [0.1, 0.15) is 0 Å². The van der Waals surface area contributed by atoms with Crippen molar-refractivity contribution in [2.24, 2.45) is 5.73 Å².